The molecule has 0 bridgehead atoms. The second kappa shape index (κ2) is 8.05. The molecule has 0 fully saturated rings. The molecule has 0 spiro atoms. The van der Waals surface area contributed by atoms with Gasteiger partial charge >= 0.3 is 5.97 Å². The van der Waals surface area contributed by atoms with Crippen molar-refractivity contribution in [2.45, 2.75) is 0 Å². The lowest BCUT2D eigenvalue weighted by Crippen LogP contribution is -1.97. The third-order valence-electron chi connectivity index (χ3n) is 2.93. The first kappa shape index (κ1) is 15.9. The van der Waals surface area contributed by atoms with Crippen LogP contribution in [0.1, 0.15) is 11.1 Å². The number of anilines is 1. The first-order chi connectivity index (χ1) is 10.6. The van der Waals surface area contributed by atoms with Crippen LogP contribution in [0.5, 0.6) is 0 Å². The summed E-state index contributed by atoms with van der Waals surface area (Å²) in [6, 6.07) is 15.2. The average molecular weight is 314 g/mol. The molecule has 0 atom stereocenters. The molecule has 0 unspecified atom stereocenters. The van der Waals surface area contributed by atoms with Gasteiger partial charge in [0, 0.05) is 23.3 Å². The number of nitrogens with one attached hydrogen (secondary N) is 1. The molecule has 0 aliphatic rings. The molecule has 2 rings (SSSR count). The predicted molar refractivity (Wildman–Crippen MR) is 92.1 cm³/mol. The van der Waals surface area contributed by atoms with E-state index in [0.717, 1.165) is 27.9 Å². The van der Waals surface area contributed by atoms with Crippen molar-refractivity contribution < 1.29 is 9.90 Å². The molecular formula is C18H16ClNO2. The highest BCUT2D eigenvalue weighted by Crippen LogP contribution is 2.12. The van der Waals surface area contributed by atoms with Gasteiger partial charge in [-0.15, -0.1) is 0 Å². The van der Waals surface area contributed by atoms with E-state index in [9.17, 15) is 4.79 Å². The van der Waals surface area contributed by atoms with Crippen LogP contribution in [0.15, 0.2) is 60.7 Å². The van der Waals surface area contributed by atoms with Gasteiger partial charge < -0.3 is 10.4 Å². The fourth-order valence-electron chi connectivity index (χ4n) is 1.83. The average Bonchev–Trinajstić information content (AvgIpc) is 2.52. The van der Waals surface area contributed by atoms with Crippen LogP contribution in [0.2, 0.25) is 5.02 Å². The summed E-state index contributed by atoms with van der Waals surface area (Å²) in [5.74, 6) is -0.950. The first-order valence-corrected chi connectivity index (χ1v) is 7.18. The predicted octanol–water partition coefficient (Wildman–Crippen LogP) is 4.56. The van der Waals surface area contributed by atoms with Gasteiger partial charge in [0.1, 0.15) is 0 Å². The summed E-state index contributed by atoms with van der Waals surface area (Å²) in [5.41, 5.74) is 2.93. The molecule has 0 aliphatic carbocycles. The Morgan fingerprint density at radius 1 is 1.00 bits per heavy atom. The summed E-state index contributed by atoms with van der Waals surface area (Å²) in [5, 5.41) is 12.6. The van der Waals surface area contributed by atoms with E-state index in [1.165, 1.54) is 0 Å². The highest BCUT2D eigenvalue weighted by molar-refractivity contribution is 6.30. The number of carbonyl (C=O) groups is 1. The molecule has 2 aromatic carbocycles. The molecule has 0 saturated heterocycles. The number of hydrogen-bond acceptors (Lipinski definition) is 2. The molecule has 3 nitrogen and oxygen atoms in total. The minimum atomic E-state index is -0.950. The normalized spacial score (nSPS) is 11.1. The van der Waals surface area contributed by atoms with Crippen molar-refractivity contribution in [1.82, 2.24) is 0 Å². The smallest absolute Gasteiger partial charge is 0.328 e. The van der Waals surface area contributed by atoms with Gasteiger partial charge in [-0.3, -0.25) is 0 Å². The summed E-state index contributed by atoms with van der Waals surface area (Å²) < 4.78 is 0. The standard InChI is InChI=1S/C18H16ClNO2/c19-16-8-3-14(4-9-16)2-1-13-20-17-10-5-15(6-11-17)7-12-18(21)22/h1-12,20H,13H2,(H,21,22)/b2-1+,12-7+. The Kier molecular flexibility index (Phi) is 5.81. The van der Waals surface area contributed by atoms with Gasteiger partial charge in [-0.25, -0.2) is 4.79 Å². The molecule has 0 saturated carbocycles. The minimum Gasteiger partial charge on any atom is -0.478 e. The molecule has 4 heteroatoms. The van der Waals surface area contributed by atoms with Crippen molar-refractivity contribution in [2.24, 2.45) is 0 Å². The van der Waals surface area contributed by atoms with Gasteiger partial charge in [0.15, 0.2) is 0 Å². The lowest BCUT2D eigenvalue weighted by molar-refractivity contribution is -0.131. The molecule has 2 aromatic rings. The summed E-state index contributed by atoms with van der Waals surface area (Å²) in [4.78, 5) is 10.4. The number of carboxylic acids is 1. The van der Waals surface area contributed by atoms with E-state index in [2.05, 4.69) is 5.32 Å². The second-order valence-corrected chi connectivity index (χ2v) is 5.06. The Bertz CT molecular complexity index is 673. The van der Waals surface area contributed by atoms with Crippen LogP contribution in [-0.4, -0.2) is 17.6 Å². The molecule has 0 aliphatic heterocycles. The van der Waals surface area contributed by atoms with Crippen molar-refractivity contribution in [3.05, 3.63) is 76.8 Å². The number of benzene rings is 2. The zero-order chi connectivity index (χ0) is 15.8. The molecule has 0 amide bonds. The van der Waals surface area contributed by atoms with E-state index in [-0.39, 0.29) is 0 Å². The Hall–Kier alpha value is -2.52. The van der Waals surface area contributed by atoms with Crippen molar-refractivity contribution in [3.8, 4) is 0 Å². The fraction of sp³-hybridized carbons (Fsp3) is 0.0556. The zero-order valence-corrected chi connectivity index (χ0v) is 12.6. The van der Waals surface area contributed by atoms with Crippen LogP contribution in [0.3, 0.4) is 0 Å². The Morgan fingerprint density at radius 2 is 1.59 bits per heavy atom. The number of rotatable bonds is 6. The van der Waals surface area contributed by atoms with Crippen molar-refractivity contribution in [3.63, 3.8) is 0 Å². The van der Waals surface area contributed by atoms with E-state index < -0.39 is 5.97 Å². The van der Waals surface area contributed by atoms with Crippen molar-refractivity contribution >= 4 is 35.4 Å². The minimum absolute atomic E-state index is 0.701. The maximum absolute atomic E-state index is 10.4. The van der Waals surface area contributed by atoms with Gasteiger partial charge in [-0.2, -0.15) is 0 Å². The van der Waals surface area contributed by atoms with E-state index in [0.29, 0.717) is 6.54 Å². The summed E-state index contributed by atoms with van der Waals surface area (Å²) >= 11 is 5.83. The van der Waals surface area contributed by atoms with Crippen LogP contribution < -0.4 is 5.32 Å². The second-order valence-electron chi connectivity index (χ2n) is 4.63. The summed E-state index contributed by atoms with van der Waals surface area (Å²) in [6.45, 7) is 0.701. The largest absolute Gasteiger partial charge is 0.478 e. The highest BCUT2D eigenvalue weighted by atomic mass is 35.5. The van der Waals surface area contributed by atoms with E-state index in [1.54, 1.807) is 6.08 Å². The van der Waals surface area contributed by atoms with Crippen LogP contribution in [0.25, 0.3) is 12.2 Å². The fourth-order valence-corrected chi connectivity index (χ4v) is 1.95. The van der Waals surface area contributed by atoms with Crippen LogP contribution >= 0.6 is 11.6 Å². The van der Waals surface area contributed by atoms with Crippen molar-refractivity contribution in [2.75, 3.05) is 11.9 Å². The third kappa shape index (κ3) is 5.46. The Balaban J connectivity index is 1.84. The van der Waals surface area contributed by atoms with Crippen LogP contribution in [0.4, 0.5) is 5.69 Å². The molecular weight excluding hydrogens is 298 g/mol. The van der Waals surface area contributed by atoms with Gasteiger partial charge in [-0.05, 0) is 41.5 Å². The molecule has 112 valence electrons. The van der Waals surface area contributed by atoms with Crippen molar-refractivity contribution in [1.29, 1.82) is 0 Å². The molecule has 0 radical (unpaired) electrons. The number of aliphatic carboxylic acids is 1. The lowest BCUT2D eigenvalue weighted by Gasteiger charge is -2.03. The van der Waals surface area contributed by atoms with Gasteiger partial charge in [-0.1, -0.05) is 48.0 Å². The maximum Gasteiger partial charge on any atom is 0.328 e. The number of carboxylic acid groups (broad SMARTS) is 1. The van der Waals surface area contributed by atoms with Crippen LogP contribution in [-0.2, 0) is 4.79 Å². The summed E-state index contributed by atoms with van der Waals surface area (Å²) in [7, 11) is 0. The maximum atomic E-state index is 10.4. The SMILES string of the molecule is O=C(O)/C=C/c1ccc(NC/C=C/c2ccc(Cl)cc2)cc1. The van der Waals surface area contributed by atoms with E-state index in [1.807, 2.05) is 60.7 Å². The molecule has 22 heavy (non-hydrogen) atoms. The molecule has 0 heterocycles. The topological polar surface area (TPSA) is 49.3 Å². The highest BCUT2D eigenvalue weighted by Gasteiger charge is 1.92. The van der Waals surface area contributed by atoms with E-state index in [4.69, 9.17) is 16.7 Å². The summed E-state index contributed by atoms with van der Waals surface area (Å²) in [6.07, 6.45) is 6.73. The number of halogens is 1. The molecule has 2 N–H and O–H groups in total. The monoisotopic (exact) mass is 313 g/mol. The lowest BCUT2D eigenvalue weighted by atomic mass is 10.2. The Morgan fingerprint density at radius 3 is 2.23 bits per heavy atom. The first-order valence-electron chi connectivity index (χ1n) is 6.80. The van der Waals surface area contributed by atoms with Gasteiger partial charge in [0.05, 0.1) is 0 Å². The number of hydrogen-bond donors (Lipinski definition) is 2. The van der Waals surface area contributed by atoms with E-state index >= 15 is 0 Å². The van der Waals surface area contributed by atoms with Crippen LogP contribution in [0, 0.1) is 0 Å². The van der Waals surface area contributed by atoms with Gasteiger partial charge in [0.2, 0.25) is 0 Å². The zero-order valence-electron chi connectivity index (χ0n) is 11.9. The van der Waals surface area contributed by atoms with Gasteiger partial charge in [0.25, 0.3) is 0 Å². The molecule has 0 aromatic heterocycles. The Labute approximate surface area is 134 Å². The third-order valence-corrected chi connectivity index (χ3v) is 3.19. The quantitative estimate of drug-likeness (QED) is 0.768.